The molecule has 234 valence electrons. The molecule has 0 saturated carbocycles. The number of likely N-dealkylation sites (N-methyl/N-ethyl adjacent to an activating group) is 1. The van der Waals surface area contributed by atoms with Gasteiger partial charge in [-0.15, -0.1) is 0 Å². The summed E-state index contributed by atoms with van der Waals surface area (Å²) in [6.07, 6.45) is 0.723. The molecule has 2 heterocycles. The number of methoxy groups -OCH3 is 1. The van der Waals surface area contributed by atoms with Gasteiger partial charge in [-0.05, 0) is 25.8 Å². The van der Waals surface area contributed by atoms with Gasteiger partial charge in [0.1, 0.15) is 31.2 Å². The first kappa shape index (κ1) is 33.1. The first-order valence-corrected chi connectivity index (χ1v) is 13.2. The SMILES string of the molecule is C=NC=C(C(=O)N[C@H]1CN(C(=O)CO)c2ccccc2N(CC(=O)N[C@H](C=O)CC(=O)O)C1=O)C(OC)=C1CN(C)N=C1C. The summed E-state index contributed by atoms with van der Waals surface area (Å²) >= 11 is 0. The summed E-state index contributed by atoms with van der Waals surface area (Å²) in [6.45, 7) is 3.43. The van der Waals surface area contributed by atoms with Crippen molar-refractivity contribution in [3.63, 3.8) is 0 Å². The minimum absolute atomic E-state index is 0.0936. The molecule has 0 unspecified atom stereocenters. The number of anilines is 2. The molecule has 0 spiro atoms. The van der Waals surface area contributed by atoms with Crippen LogP contribution in [0.3, 0.4) is 0 Å². The number of carboxylic acid groups (broad SMARTS) is 1. The van der Waals surface area contributed by atoms with Gasteiger partial charge in [0.2, 0.25) is 5.91 Å². The number of nitrogens with zero attached hydrogens (tertiary/aromatic N) is 5. The second-order valence-electron chi connectivity index (χ2n) is 9.75. The maximum atomic E-state index is 14.0. The van der Waals surface area contributed by atoms with Gasteiger partial charge in [0.05, 0.1) is 55.3 Å². The first-order chi connectivity index (χ1) is 20.9. The molecule has 0 aliphatic carbocycles. The number of aldehydes is 1. The molecule has 16 nitrogen and oxygen atoms in total. The quantitative estimate of drug-likeness (QED) is 0.0960. The lowest BCUT2D eigenvalue weighted by atomic mass is 10.0. The molecule has 3 rings (SSSR count). The number of carboxylic acids is 1. The van der Waals surface area contributed by atoms with Crippen LogP contribution in [0.25, 0.3) is 0 Å². The van der Waals surface area contributed by atoms with Gasteiger partial charge in [-0.3, -0.25) is 38.9 Å². The summed E-state index contributed by atoms with van der Waals surface area (Å²) in [7, 11) is 3.09. The number of hydrazone groups is 1. The number of fused-ring (bicyclic) bond motifs is 1. The molecule has 0 radical (unpaired) electrons. The van der Waals surface area contributed by atoms with Gasteiger partial charge < -0.3 is 35.3 Å². The number of carbonyl (C=O) groups is 6. The van der Waals surface area contributed by atoms with Crippen molar-refractivity contribution < 1.29 is 43.7 Å². The second kappa shape index (κ2) is 14.7. The molecule has 4 N–H and O–H groups in total. The fraction of sp³-hybridized carbons (Fsp3) is 0.357. The molecule has 1 aromatic carbocycles. The Hall–Kier alpha value is -5.38. The predicted octanol–water partition coefficient (Wildman–Crippen LogP) is -1.19. The smallest absolute Gasteiger partial charge is 0.305 e. The van der Waals surface area contributed by atoms with Gasteiger partial charge in [0.15, 0.2) is 0 Å². The van der Waals surface area contributed by atoms with E-state index < -0.39 is 67.8 Å². The fourth-order valence-corrected chi connectivity index (χ4v) is 4.77. The van der Waals surface area contributed by atoms with Crippen LogP contribution in [0.1, 0.15) is 13.3 Å². The Labute approximate surface area is 252 Å². The van der Waals surface area contributed by atoms with Crippen LogP contribution in [0.5, 0.6) is 0 Å². The van der Waals surface area contributed by atoms with Crippen molar-refractivity contribution in [2.24, 2.45) is 10.1 Å². The number of para-hydroxylation sites is 2. The van der Waals surface area contributed by atoms with Gasteiger partial charge in [0, 0.05) is 18.8 Å². The summed E-state index contributed by atoms with van der Waals surface area (Å²) in [6, 6.07) is 3.24. The third-order valence-corrected chi connectivity index (χ3v) is 6.67. The average molecular weight is 612 g/mol. The minimum atomic E-state index is -1.46. The molecular formula is C28H33N7O9. The number of rotatable bonds is 12. The molecule has 44 heavy (non-hydrogen) atoms. The standard InChI is InChI=1S/C28H33N7O9/c1-16-19(11-33(3)32-16)26(44-4)18(10-29-2)27(42)31-20-12-34(24(39)15-37)21-7-5-6-8-22(21)35(28(20)43)13-23(38)30-17(14-36)9-25(40)41/h5-8,10,14,17,20,37H,2,9,11-13,15H2,1,3-4H3,(H,30,38)(H,31,42)(H,40,41)/t17-,20-/m0/s1. The Kier molecular flexibility index (Phi) is 11.1. The number of benzene rings is 1. The molecule has 4 amide bonds. The van der Waals surface area contributed by atoms with E-state index in [1.54, 1.807) is 31.1 Å². The lowest BCUT2D eigenvalue weighted by Gasteiger charge is -2.26. The number of hydrogen-bond acceptors (Lipinski definition) is 11. The number of aliphatic carboxylic acids is 1. The summed E-state index contributed by atoms with van der Waals surface area (Å²) in [5, 5.41) is 29.5. The number of hydrogen-bond donors (Lipinski definition) is 4. The van der Waals surface area contributed by atoms with Crippen LogP contribution >= 0.6 is 0 Å². The van der Waals surface area contributed by atoms with Crippen LogP contribution in [0.15, 0.2) is 57.5 Å². The van der Waals surface area contributed by atoms with Gasteiger partial charge in [0.25, 0.3) is 17.7 Å². The molecule has 0 aromatic heterocycles. The molecule has 0 fully saturated rings. The topological polar surface area (TPSA) is 211 Å². The Morgan fingerprint density at radius 3 is 2.48 bits per heavy atom. The van der Waals surface area contributed by atoms with Gasteiger partial charge in [-0.1, -0.05) is 12.1 Å². The summed E-state index contributed by atoms with van der Waals surface area (Å²) in [4.78, 5) is 81.7. The van der Waals surface area contributed by atoms with Crippen molar-refractivity contribution in [1.82, 2.24) is 15.6 Å². The van der Waals surface area contributed by atoms with E-state index in [1.807, 2.05) is 0 Å². The Balaban J connectivity index is 2.03. The molecule has 1 aromatic rings. The Bertz CT molecular complexity index is 1450. The van der Waals surface area contributed by atoms with Crippen LogP contribution in [0.2, 0.25) is 0 Å². The summed E-state index contributed by atoms with van der Waals surface area (Å²) in [5.74, 6) is -4.50. The zero-order valence-corrected chi connectivity index (χ0v) is 24.3. The highest BCUT2D eigenvalue weighted by molar-refractivity contribution is 6.12. The van der Waals surface area contributed by atoms with Crippen molar-refractivity contribution >= 4 is 59.7 Å². The fourth-order valence-electron chi connectivity index (χ4n) is 4.77. The molecule has 0 saturated heterocycles. The molecule has 0 bridgehead atoms. The maximum Gasteiger partial charge on any atom is 0.305 e. The average Bonchev–Trinajstić information content (AvgIpc) is 3.28. The highest BCUT2D eigenvalue weighted by atomic mass is 16.5. The third-order valence-electron chi connectivity index (χ3n) is 6.67. The van der Waals surface area contributed by atoms with Crippen molar-refractivity contribution in [3.8, 4) is 0 Å². The predicted molar refractivity (Wildman–Crippen MR) is 158 cm³/mol. The van der Waals surface area contributed by atoms with Crippen LogP contribution in [0, 0.1) is 0 Å². The zero-order valence-electron chi connectivity index (χ0n) is 24.3. The molecule has 2 aliphatic heterocycles. The number of aliphatic hydroxyl groups excluding tert-OH is 1. The van der Waals surface area contributed by atoms with Gasteiger partial charge >= 0.3 is 5.97 Å². The van der Waals surface area contributed by atoms with Crippen LogP contribution in [-0.4, -0.2) is 116 Å². The van der Waals surface area contributed by atoms with E-state index in [-0.39, 0.29) is 29.0 Å². The number of nitrogens with one attached hydrogen (secondary N) is 2. The van der Waals surface area contributed by atoms with Crippen molar-refractivity contribution in [3.05, 3.63) is 47.4 Å². The van der Waals surface area contributed by atoms with Crippen LogP contribution in [0.4, 0.5) is 11.4 Å². The first-order valence-electron chi connectivity index (χ1n) is 13.2. The number of carbonyl (C=O) groups excluding carboxylic acids is 5. The highest BCUT2D eigenvalue weighted by Gasteiger charge is 2.38. The highest BCUT2D eigenvalue weighted by Crippen LogP contribution is 2.33. The molecule has 2 atom stereocenters. The van der Waals surface area contributed by atoms with Crippen molar-refractivity contribution in [2.75, 3.05) is 50.2 Å². The van der Waals surface area contributed by atoms with Crippen molar-refractivity contribution in [1.29, 1.82) is 0 Å². The third kappa shape index (κ3) is 7.52. The van der Waals surface area contributed by atoms with Crippen LogP contribution in [-0.2, 0) is 33.5 Å². The van der Waals surface area contributed by atoms with Gasteiger partial charge in [-0.2, -0.15) is 5.10 Å². The maximum absolute atomic E-state index is 14.0. The van der Waals surface area contributed by atoms with E-state index >= 15 is 0 Å². The normalized spacial score (nSPS) is 18.4. The number of amides is 4. The van der Waals surface area contributed by atoms with Gasteiger partial charge in [-0.25, -0.2) is 0 Å². The van der Waals surface area contributed by atoms with E-state index in [4.69, 9.17) is 9.84 Å². The minimum Gasteiger partial charge on any atom is -0.495 e. The van der Waals surface area contributed by atoms with E-state index in [0.717, 1.165) is 16.0 Å². The van der Waals surface area contributed by atoms with E-state index in [1.165, 1.54) is 19.2 Å². The molecule has 16 heteroatoms. The van der Waals surface area contributed by atoms with Crippen molar-refractivity contribution in [2.45, 2.75) is 25.4 Å². The van der Waals surface area contributed by atoms with E-state index in [9.17, 15) is 33.9 Å². The lowest BCUT2D eigenvalue weighted by molar-refractivity contribution is -0.139. The lowest BCUT2D eigenvalue weighted by Crippen LogP contribution is -2.55. The number of ether oxygens (including phenoxy) is 1. The zero-order chi connectivity index (χ0) is 32.6. The Morgan fingerprint density at radius 1 is 1.25 bits per heavy atom. The summed E-state index contributed by atoms with van der Waals surface area (Å²) < 4.78 is 5.54. The monoisotopic (exact) mass is 611 g/mol. The summed E-state index contributed by atoms with van der Waals surface area (Å²) in [5.41, 5.74) is 1.33. The largest absolute Gasteiger partial charge is 0.495 e. The number of aliphatic hydroxyl groups is 1. The Morgan fingerprint density at radius 2 is 1.93 bits per heavy atom. The number of aliphatic imine (C=N–C) groups is 1. The molecule has 2 aliphatic rings. The second-order valence-corrected chi connectivity index (χ2v) is 9.75. The molecular weight excluding hydrogens is 578 g/mol. The van der Waals surface area contributed by atoms with E-state index in [0.29, 0.717) is 17.8 Å². The van der Waals surface area contributed by atoms with Crippen LogP contribution < -0.4 is 20.4 Å². The van der Waals surface area contributed by atoms with E-state index in [2.05, 4.69) is 27.4 Å².